The Morgan fingerprint density at radius 1 is 0.688 bits per heavy atom. The van der Waals surface area contributed by atoms with Crippen molar-refractivity contribution < 1.29 is 23.7 Å². The van der Waals surface area contributed by atoms with Gasteiger partial charge in [-0.25, -0.2) is 0 Å². The van der Waals surface area contributed by atoms with Crippen LogP contribution >= 0.6 is 11.6 Å². The highest BCUT2D eigenvalue weighted by atomic mass is 35.5. The van der Waals surface area contributed by atoms with E-state index < -0.39 is 0 Å². The number of ether oxygens (including phenoxy) is 5. The molecule has 0 saturated carbocycles. The molecule has 6 nitrogen and oxygen atoms in total. The van der Waals surface area contributed by atoms with E-state index >= 15 is 0 Å². The maximum Gasteiger partial charge on any atom is 0.203 e. The smallest absolute Gasteiger partial charge is 0.203 e. The van der Waals surface area contributed by atoms with Crippen LogP contribution in [0.3, 0.4) is 0 Å². The first-order valence-electron chi connectivity index (χ1n) is 10.1. The number of rotatable bonds is 11. The summed E-state index contributed by atoms with van der Waals surface area (Å²) in [5.74, 6) is 3.03. The van der Waals surface area contributed by atoms with Gasteiger partial charge in [0.25, 0.3) is 0 Å². The minimum atomic E-state index is 0.420. The second kappa shape index (κ2) is 11.5. The quantitative estimate of drug-likeness (QED) is 0.424. The number of hydrogen-bond donors (Lipinski definition) is 1. The lowest BCUT2D eigenvalue weighted by molar-refractivity contribution is 0.265. The fourth-order valence-corrected chi connectivity index (χ4v) is 3.50. The summed E-state index contributed by atoms with van der Waals surface area (Å²) >= 11 is 6.39. The summed E-state index contributed by atoms with van der Waals surface area (Å²) in [6.07, 6.45) is 0. The molecule has 1 N–H and O–H groups in total. The SMILES string of the molecule is COc1cc(Cl)c(CNCc2cc(OC)c(OCc3ccccc3)c(OC)c2)cc1OC. The molecule has 0 amide bonds. The number of benzene rings is 3. The van der Waals surface area contributed by atoms with Crippen LogP contribution in [0.15, 0.2) is 54.6 Å². The third-order valence-electron chi connectivity index (χ3n) is 4.94. The second-order valence-electron chi connectivity index (χ2n) is 7.01. The second-order valence-corrected chi connectivity index (χ2v) is 7.41. The number of halogens is 1. The molecule has 0 heterocycles. The van der Waals surface area contributed by atoms with Crippen molar-refractivity contribution in [1.29, 1.82) is 0 Å². The molecule has 32 heavy (non-hydrogen) atoms. The molecule has 0 spiro atoms. The van der Waals surface area contributed by atoms with Crippen molar-refractivity contribution in [3.8, 4) is 28.7 Å². The lowest BCUT2D eigenvalue weighted by Crippen LogP contribution is -2.13. The normalized spacial score (nSPS) is 10.5. The molecule has 0 fully saturated rings. The van der Waals surface area contributed by atoms with Crippen LogP contribution in [0.25, 0.3) is 0 Å². The van der Waals surface area contributed by atoms with E-state index in [1.54, 1.807) is 34.5 Å². The summed E-state index contributed by atoms with van der Waals surface area (Å²) in [6, 6.07) is 17.4. The Morgan fingerprint density at radius 3 is 1.88 bits per heavy atom. The van der Waals surface area contributed by atoms with E-state index in [4.69, 9.17) is 35.3 Å². The van der Waals surface area contributed by atoms with E-state index in [-0.39, 0.29) is 0 Å². The van der Waals surface area contributed by atoms with Gasteiger partial charge in [0.1, 0.15) is 6.61 Å². The molecule has 3 aromatic rings. The van der Waals surface area contributed by atoms with E-state index in [1.165, 1.54) is 0 Å². The fraction of sp³-hybridized carbons (Fsp3) is 0.280. The predicted molar refractivity (Wildman–Crippen MR) is 125 cm³/mol. The molecule has 3 aromatic carbocycles. The monoisotopic (exact) mass is 457 g/mol. The molecule has 0 bridgehead atoms. The van der Waals surface area contributed by atoms with Crippen LogP contribution in [0, 0.1) is 0 Å². The lowest BCUT2D eigenvalue weighted by atomic mass is 10.1. The molecule has 3 rings (SSSR count). The molecule has 0 unspecified atom stereocenters. The minimum absolute atomic E-state index is 0.420. The summed E-state index contributed by atoms with van der Waals surface area (Å²) in [6.45, 7) is 1.55. The standard InChI is InChI=1S/C25H28ClNO5/c1-28-21-12-19(20(26)13-22(21)29-2)15-27-14-18-10-23(30-3)25(24(11-18)31-4)32-16-17-8-6-5-7-9-17/h5-13,27H,14-16H2,1-4H3. The van der Waals surface area contributed by atoms with Gasteiger partial charge in [-0.2, -0.15) is 0 Å². The van der Waals surface area contributed by atoms with Gasteiger partial charge >= 0.3 is 0 Å². The molecule has 0 saturated heterocycles. The van der Waals surface area contributed by atoms with Crippen LogP contribution in [-0.4, -0.2) is 28.4 Å². The van der Waals surface area contributed by atoms with Gasteiger partial charge in [0.05, 0.1) is 28.4 Å². The molecule has 0 atom stereocenters. The van der Waals surface area contributed by atoms with Gasteiger partial charge in [-0.05, 0) is 34.9 Å². The maximum absolute atomic E-state index is 6.39. The zero-order valence-corrected chi connectivity index (χ0v) is 19.5. The van der Waals surface area contributed by atoms with Crippen LogP contribution in [-0.2, 0) is 19.7 Å². The van der Waals surface area contributed by atoms with Gasteiger partial charge in [-0.15, -0.1) is 0 Å². The van der Waals surface area contributed by atoms with Crippen molar-refractivity contribution in [3.05, 3.63) is 76.3 Å². The third-order valence-corrected chi connectivity index (χ3v) is 5.30. The molecule has 0 aliphatic rings. The zero-order chi connectivity index (χ0) is 22.9. The van der Waals surface area contributed by atoms with Gasteiger partial charge in [-0.1, -0.05) is 41.9 Å². The number of nitrogens with one attached hydrogen (secondary N) is 1. The van der Waals surface area contributed by atoms with Crippen molar-refractivity contribution in [3.63, 3.8) is 0 Å². The first-order chi connectivity index (χ1) is 15.6. The molecule has 7 heteroatoms. The Hall–Kier alpha value is -3.09. The molecule has 0 radical (unpaired) electrons. The molecule has 0 aliphatic carbocycles. The van der Waals surface area contributed by atoms with Crippen molar-refractivity contribution in [2.24, 2.45) is 0 Å². The first kappa shape index (κ1) is 23.6. The van der Waals surface area contributed by atoms with Gasteiger partial charge in [0, 0.05) is 24.2 Å². The van der Waals surface area contributed by atoms with Crippen LogP contribution in [0.4, 0.5) is 0 Å². The molecule has 0 aliphatic heterocycles. The topological polar surface area (TPSA) is 58.2 Å². The van der Waals surface area contributed by atoms with Crippen molar-refractivity contribution in [2.75, 3.05) is 28.4 Å². The Balaban J connectivity index is 1.71. The van der Waals surface area contributed by atoms with E-state index in [9.17, 15) is 0 Å². The summed E-state index contributed by atoms with van der Waals surface area (Å²) < 4.78 is 27.8. The number of methoxy groups -OCH3 is 4. The molecular formula is C25H28ClNO5. The molecular weight excluding hydrogens is 430 g/mol. The van der Waals surface area contributed by atoms with Crippen molar-refractivity contribution in [2.45, 2.75) is 19.7 Å². The van der Waals surface area contributed by atoms with Gasteiger partial charge in [-0.3, -0.25) is 0 Å². The highest BCUT2D eigenvalue weighted by Gasteiger charge is 2.15. The highest BCUT2D eigenvalue weighted by molar-refractivity contribution is 6.31. The molecule has 170 valence electrons. The van der Waals surface area contributed by atoms with E-state index in [0.29, 0.717) is 53.5 Å². The zero-order valence-electron chi connectivity index (χ0n) is 18.7. The van der Waals surface area contributed by atoms with Crippen molar-refractivity contribution in [1.82, 2.24) is 5.32 Å². The summed E-state index contributed by atoms with van der Waals surface area (Å²) in [5.41, 5.74) is 2.96. The van der Waals surface area contributed by atoms with Crippen LogP contribution < -0.4 is 29.0 Å². The predicted octanol–water partition coefficient (Wildman–Crippen LogP) is 5.24. The average Bonchev–Trinajstić information content (AvgIpc) is 2.83. The van der Waals surface area contributed by atoms with Crippen LogP contribution in [0.1, 0.15) is 16.7 Å². The Kier molecular flexibility index (Phi) is 8.48. The van der Waals surface area contributed by atoms with Crippen molar-refractivity contribution >= 4 is 11.6 Å². The molecule has 0 aromatic heterocycles. The number of hydrogen-bond acceptors (Lipinski definition) is 6. The van der Waals surface area contributed by atoms with Gasteiger partial charge in [0.15, 0.2) is 23.0 Å². The highest BCUT2D eigenvalue weighted by Crippen LogP contribution is 2.39. The maximum atomic E-state index is 6.39. The summed E-state index contributed by atoms with van der Waals surface area (Å²) in [5, 5.41) is 4.00. The van der Waals surface area contributed by atoms with Crippen LogP contribution in [0.5, 0.6) is 28.7 Å². The lowest BCUT2D eigenvalue weighted by Gasteiger charge is -2.17. The average molecular weight is 458 g/mol. The summed E-state index contributed by atoms with van der Waals surface area (Å²) in [4.78, 5) is 0. The Bertz CT molecular complexity index is 1000. The van der Waals surface area contributed by atoms with Gasteiger partial charge in [0.2, 0.25) is 5.75 Å². The Labute approximate surface area is 194 Å². The van der Waals surface area contributed by atoms with E-state index in [2.05, 4.69) is 5.32 Å². The van der Waals surface area contributed by atoms with E-state index in [1.807, 2.05) is 48.5 Å². The summed E-state index contributed by atoms with van der Waals surface area (Å²) in [7, 11) is 6.42. The third kappa shape index (κ3) is 5.78. The first-order valence-corrected chi connectivity index (χ1v) is 10.5. The largest absolute Gasteiger partial charge is 0.493 e. The van der Waals surface area contributed by atoms with E-state index in [0.717, 1.165) is 16.7 Å². The fourth-order valence-electron chi connectivity index (χ4n) is 3.28. The van der Waals surface area contributed by atoms with Crippen LogP contribution in [0.2, 0.25) is 5.02 Å². The van der Waals surface area contributed by atoms with Gasteiger partial charge < -0.3 is 29.0 Å². The minimum Gasteiger partial charge on any atom is -0.493 e. The Morgan fingerprint density at radius 2 is 1.28 bits per heavy atom.